The van der Waals surface area contributed by atoms with Gasteiger partial charge in [-0.3, -0.25) is 0 Å². The monoisotopic (exact) mass is 451 g/mol. The predicted octanol–water partition coefficient (Wildman–Crippen LogP) is 4.86. The maximum Gasteiger partial charge on any atom is 0.336 e. The number of rotatable bonds is 10. The van der Waals surface area contributed by atoms with E-state index >= 15 is 0 Å². The van der Waals surface area contributed by atoms with Gasteiger partial charge in [-0.1, -0.05) is 55.9 Å². The number of aromatic nitrogens is 2. The fourth-order valence-electron chi connectivity index (χ4n) is 3.39. The molecule has 8 heteroatoms. The first-order valence-electron chi connectivity index (χ1n) is 10.6. The van der Waals surface area contributed by atoms with Crippen LogP contribution in [0.2, 0.25) is 0 Å². The van der Waals surface area contributed by atoms with Crippen molar-refractivity contribution in [2.75, 3.05) is 25.4 Å². The van der Waals surface area contributed by atoms with Crippen LogP contribution in [-0.4, -0.2) is 40.5 Å². The van der Waals surface area contributed by atoms with Crippen molar-refractivity contribution < 1.29 is 13.6 Å². The van der Waals surface area contributed by atoms with Crippen LogP contribution in [0.1, 0.15) is 19.7 Å². The maximum atomic E-state index is 12.1. The third-order valence-electron chi connectivity index (χ3n) is 5.14. The molecule has 0 fully saturated rings. The van der Waals surface area contributed by atoms with E-state index in [1.54, 1.807) is 6.07 Å². The molecule has 0 radical (unpaired) electrons. The molecule has 0 atom stereocenters. The van der Waals surface area contributed by atoms with Gasteiger partial charge in [-0.2, -0.15) is 0 Å². The SMILES string of the molecule is CCN(CC)CCSc1nnc(COc2ccc3c(-c4ccccc4)cc(=O)oc3c2)o1. The first-order chi connectivity index (χ1) is 15.7. The average molecular weight is 452 g/mol. The smallest absolute Gasteiger partial charge is 0.336 e. The molecule has 32 heavy (non-hydrogen) atoms. The number of hydrogen-bond acceptors (Lipinski definition) is 8. The molecule has 0 amide bonds. The van der Waals surface area contributed by atoms with Crippen LogP contribution in [0.15, 0.2) is 73.4 Å². The van der Waals surface area contributed by atoms with Crippen molar-refractivity contribution >= 4 is 22.7 Å². The molecule has 166 valence electrons. The van der Waals surface area contributed by atoms with Crippen molar-refractivity contribution in [3.63, 3.8) is 0 Å². The van der Waals surface area contributed by atoms with E-state index in [1.165, 1.54) is 17.8 Å². The lowest BCUT2D eigenvalue weighted by Gasteiger charge is -2.16. The molecule has 0 aliphatic heterocycles. The molecule has 2 aromatic heterocycles. The minimum Gasteiger partial charge on any atom is -0.484 e. The molecule has 0 aliphatic carbocycles. The van der Waals surface area contributed by atoms with E-state index in [1.807, 2.05) is 42.5 Å². The Labute approximate surface area is 190 Å². The van der Waals surface area contributed by atoms with E-state index < -0.39 is 5.63 Å². The van der Waals surface area contributed by atoms with E-state index in [0.29, 0.717) is 22.4 Å². The molecule has 2 aromatic carbocycles. The van der Waals surface area contributed by atoms with Crippen LogP contribution < -0.4 is 10.4 Å². The molecule has 0 bridgehead atoms. The normalized spacial score (nSPS) is 11.3. The van der Waals surface area contributed by atoms with E-state index in [2.05, 4.69) is 28.9 Å². The minimum atomic E-state index is -0.406. The number of thioether (sulfide) groups is 1. The molecule has 2 heterocycles. The summed E-state index contributed by atoms with van der Waals surface area (Å²) in [5.41, 5.74) is 1.84. The van der Waals surface area contributed by atoms with Crippen molar-refractivity contribution in [3.05, 3.63) is 70.9 Å². The van der Waals surface area contributed by atoms with Crippen molar-refractivity contribution in [1.29, 1.82) is 0 Å². The maximum absolute atomic E-state index is 12.1. The van der Waals surface area contributed by atoms with Gasteiger partial charge < -0.3 is 18.5 Å². The van der Waals surface area contributed by atoms with Crippen molar-refractivity contribution in [1.82, 2.24) is 15.1 Å². The summed E-state index contributed by atoms with van der Waals surface area (Å²) in [6, 6.07) is 16.7. The van der Waals surface area contributed by atoms with Gasteiger partial charge in [0.2, 0.25) is 0 Å². The van der Waals surface area contributed by atoms with Gasteiger partial charge in [-0.05, 0) is 36.3 Å². The highest BCUT2D eigenvalue weighted by molar-refractivity contribution is 7.99. The van der Waals surface area contributed by atoms with Crippen LogP contribution in [0.5, 0.6) is 5.75 Å². The number of fused-ring (bicyclic) bond motifs is 1. The van der Waals surface area contributed by atoms with Gasteiger partial charge in [0.15, 0.2) is 6.61 Å². The first-order valence-corrected chi connectivity index (χ1v) is 11.6. The van der Waals surface area contributed by atoms with Gasteiger partial charge in [0, 0.05) is 29.8 Å². The zero-order valence-electron chi connectivity index (χ0n) is 18.1. The molecular formula is C24H25N3O4S. The van der Waals surface area contributed by atoms with Crippen molar-refractivity contribution in [3.8, 4) is 16.9 Å². The van der Waals surface area contributed by atoms with Gasteiger partial charge >= 0.3 is 5.63 Å². The van der Waals surface area contributed by atoms with Gasteiger partial charge in [-0.15, -0.1) is 10.2 Å². The number of ether oxygens (including phenoxy) is 1. The van der Waals surface area contributed by atoms with Crippen LogP contribution in [-0.2, 0) is 6.61 Å². The van der Waals surface area contributed by atoms with Gasteiger partial charge in [0.25, 0.3) is 11.1 Å². The summed E-state index contributed by atoms with van der Waals surface area (Å²) in [6.45, 7) is 7.46. The predicted molar refractivity (Wildman–Crippen MR) is 125 cm³/mol. The second kappa shape index (κ2) is 10.5. The first kappa shape index (κ1) is 22.1. The lowest BCUT2D eigenvalue weighted by atomic mass is 10.0. The third kappa shape index (κ3) is 5.38. The summed E-state index contributed by atoms with van der Waals surface area (Å²) >= 11 is 1.54. The molecule has 7 nitrogen and oxygen atoms in total. The van der Waals surface area contributed by atoms with Crippen LogP contribution in [0.3, 0.4) is 0 Å². The Morgan fingerprint density at radius 1 is 1.00 bits per heavy atom. The lowest BCUT2D eigenvalue weighted by Crippen LogP contribution is -2.25. The summed E-state index contributed by atoms with van der Waals surface area (Å²) in [5.74, 6) is 1.84. The van der Waals surface area contributed by atoms with Gasteiger partial charge in [-0.25, -0.2) is 4.79 Å². The average Bonchev–Trinajstić information content (AvgIpc) is 3.28. The quantitative estimate of drug-likeness (QED) is 0.250. The molecule has 0 saturated carbocycles. The summed E-state index contributed by atoms with van der Waals surface area (Å²) < 4.78 is 16.9. The molecule has 0 aliphatic rings. The standard InChI is InChI=1S/C24H25N3O4S/c1-3-27(4-2)12-13-32-24-26-25-22(31-24)16-29-18-10-11-19-20(17-8-6-5-7-9-17)15-23(28)30-21(19)14-18/h5-11,14-15H,3-4,12-13,16H2,1-2H3. The molecule has 0 N–H and O–H groups in total. The Morgan fingerprint density at radius 3 is 2.59 bits per heavy atom. The van der Waals surface area contributed by atoms with Gasteiger partial charge in [0.05, 0.1) is 0 Å². The minimum absolute atomic E-state index is 0.137. The van der Waals surface area contributed by atoms with Gasteiger partial charge in [0.1, 0.15) is 11.3 Å². The molecular weight excluding hydrogens is 426 g/mol. The topological polar surface area (TPSA) is 81.6 Å². The second-order valence-electron chi connectivity index (χ2n) is 7.13. The van der Waals surface area contributed by atoms with E-state index in [0.717, 1.165) is 41.9 Å². The molecule has 0 unspecified atom stereocenters. The Bertz CT molecular complexity index is 1220. The Balaban J connectivity index is 1.42. The summed E-state index contributed by atoms with van der Waals surface area (Å²) in [5, 5.41) is 9.50. The lowest BCUT2D eigenvalue weighted by molar-refractivity contribution is 0.252. The Hall–Kier alpha value is -3.10. The molecule has 0 saturated heterocycles. The van der Waals surface area contributed by atoms with E-state index in [4.69, 9.17) is 13.6 Å². The zero-order chi connectivity index (χ0) is 22.3. The summed E-state index contributed by atoms with van der Waals surface area (Å²) in [6.07, 6.45) is 0. The number of hydrogen-bond donors (Lipinski definition) is 0. The van der Waals surface area contributed by atoms with E-state index in [9.17, 15) is 4.79 Å². The fourth-order valence-corrected chi connectivity index (χ4v) is 4.17. The largest absolute Gasteiger partial charge is 0.484 e. The van der Waals surface area contributed by atoms with Crippen LogP contribution in [0.4, 0.5) is 0 Å². The number of nitrogens with zero attached hydrogens (tertiary/aromatic N) is 3. The molecule has 4 rings (SSSR count). The molecule has 4 aromatic rings. The van der Waals surface area contributed by atoms with Crippen molar-refractivity contribution in [2.45, 2.75) is 25.7 Å². The highest BCUT2D eigenvalue weighted by atomic mass is 32.2. The second-order valence-corrected chi connectivity index (χ2v) is 8.17. The Morgan fingerprint density at radius 2 is 1.81 bits per heavy atom. The van der Waals surface area contributed by atoms with Crippen LogP contribution in [0, 0.1) is 0 Å². The highest BCUT2D eigenvalue weighted by Gasteiger charge is 2.11. The van der Waals surface area contributed by atoms with Crippen molar-refractivity contribution in [2.24, 2.45) is 0 Å². The number of benzene rings is 2. The van der Waals surface area contributed by atoms with E-state index in [-0.39, 0.29) is 6.61 Å². The van der Waals surface area contributed by atoms with Crippen LogP contribution in [0.25, 0.3) is 22.1 Å². The fraction of sp³-hybridized carbons (Fsp3) is 0.292. The third-order valence-corrected chi connectivity index (χ3v) is 5.94. The molecule has 0 spiro atoms. The zero-order valence-corrected chi connectivity index (χ0v) is 18.9. The Kier molecular flexibility index (Phi) is 7.24. The van der Waals surface area contributed by atoms with Crippen LogP contribution >= 0.6 is 11.8 Å². The summed E-state index contributed by atoms with van der Waals surface area (Å²) in [7, 11) is 0. The highest BCUT2D eigenvalue weighted by Crippen LogP contribution is 2.29. The summed E-state index contributed by atoms with van der Waals surface area (Å²) in [4.78, 5) is 14.4.